The second kappa shape index (κ2) is 7.34. The molecule has 2 saturated carbocycles. The van der Waals surface area contributed by atoms with E-state index < -0.39 is 0 Å². The van der Waals surface area contributed by atoms with E-state index in [4.69, 9.17) is 4.74 Å². The van der Waals surface area contributed by atoms with Gasteiger partial charge in [0, 0.05) is 25.7 Å². The fourth-order valence-electron chi connectivity index (χ4n) is 2.34. The van der Waals surface area contributed by atoms with Gasteiger partial charge >= 0.3 is 0 Å². The van der Waals surface area contributed by atoms with Gasteiger partial charge in [0.15, 0.2) is 0 Å². The molecule has 0 aromatic heterocycles. The van der Waals surface area contributed by atoms with Gasteiger partial charge in [-0.3, -0.25) is 4.90 Å². The molecular formula is C14H28N2O. The first kappa shape index (κ1) is 13.3. The smallest absolute Gasteiger partial charge is 0.0589 e. The first-order valence-electron chi connectivity index (χ1n) is 7.36. The van der Waals surface area contributed by atoms with Gasteiger partial charge in [0.25, 0.3) is 0 Å². The van der Waals surface area contributed by atoms with Gasteiger partial charge in [-0.05, 0) is 51.6 Å². The highest BCUT2D eigenvalue weighted by Crippen LogP contribution is 2.26. The first-order chi connectivity index (χ1) is 8.40. The van der Waals surface area contributed by atoms with Crippen molar-refractivity contribution in [2.24, 2.45) is 0 Å². The van der Waals surface area contributed by atoms with Gasteiger partial charge in [0.2, 0.25) is 0 Å². The summed E-state index contributed by atoms with van der Waals surface area (Å²) in [5, 5.41) is 3.58. The van der Waals surface area contributed by atoms with E-state index in [0.29, 0.717) is 0 Å². The summed E-state index contributed by atoms with van der Waals surface area (Å²) in [7, 11) is 1.80. The Balaban J connectivity index is 1.43. The number of unbranched alkanes of at least 4 members (excludes halogenated alkanes) is 2. The molecule has 0 aliphatic heterocycles. The van der Waals surface area contributed by atoms with Gasteiger partial charge in [0.1, 0.15) is 0 Å². The molecule has 0 atom stereocenters. The lowest BCUT2D eigenvalue weighted by atomic mass is 10.2. The zero-order valence-electron chi connectivity index (χ0n) is 11.3. The third kappa shape index (κ3) is 5.84. The molecule has 100 valence electrons. The molecule has 0 radical (unpaired) electrons. The van der Waals surface area contributed by atoms with Crippen LogP contribution in [0.2, 0.25) is 0 Å². The lowest BCUT2D eigenvalue weighted by Gasteiger charge is -2.21. The van der Waals surface area contributed by atoms with Gasteiger partial charge in [-0.15, -0.1) is 0 Å². The molecule has 0 unspecified atom stereocenters. The monoisotopic (exact) mass is 240 g/mol. The van der Waals surface area contributed by atoms with Crippen molar-refractivity contribution in [3.05, 3.63) is 0 Å². The summed E-state index contributed by atoms with van der Waals surface area (Å²) >= 11 is 0. The number of rotatable bonds is 11. The average molecular weight is 240 g/mol. The summed E-state index contributed by atoms with van der Waals surface area (Å²) in [4.78, 5) is 2.62. The van der Waals surface area contributed by atoms with Crippen molar-refractivity contribution in [2.45, 2.75) is 57.0 Å². The molecule has 2 fully saturated rings. The Morgan fingerprint density at radius 1 is 1.06 bits per heavy atom. The van der Waals surface area contributed by atoms with E-state index in [9.17, 15) is 0 Å². The minimum absolute atomic E-state index is 0.875. The van der Waals surface area contributed by atoms with Crippen LogP contribution >= 0.6 is 0 Å². The van der Waals surface area contributed by atoms with Crippen molar-refractivity contribution < 1.29 is 4.74 Å². The fraction of sp³-hybridized carbons (Fsp3) is 1.00. The maximum absolute atomic E-state index is 5.18. The van der Waals surface area contributed by atoms with E-state index in [1.807, 2.05) is 0 Å². The summed E-state index contributed by atoms with van der Waals surface area (Å²) in [6.07, 6.45) is 9.71. The molecule has 0 amide bonds. The van der Waals surface area contributed by atoms with Crippen LogP contribution in [0.15, 0.2) is 0 Å². The molecule has 3 nitrogen and oxygen atoms in total. The minimum atomic E-state index is 0.875. The maximum atomic E-state index is 5.18. The van der Waals surface area contributed by atoms with Gasteiger partial charge in [0.05, 0.1) is 6.61 Å². The largest absolute Gasteiger partial charge is 0.383 e. The van der Waals surface area contributed by atoms with Crippen LogP contribution in [0.1, 0.15) is 44.9 Å². The van der Waals surface area contributed by atoms with Gasteiger partial charge in [-0.2, -0.15) is 0 Å². The van der Waals surface area contributed by atoms with Crippen molar-refractivity contribution in [1.82, 2.24) is 10.2 Å². The molecule has 0 saturated heterocycles. The SMILES string of the molecule is COCCN(CCCCCNC1CC1)C1CC1. The molecular weight excluding hydrogens is 212 g/mol. The van der Waals surface area contributed by atoms with Crippen LogP contribution in [-0.4, -0.2) is 50.3 Å². The van der Waals surface area contributed by atoms with Crippen LogP contribution in [0, 0.1) is 0 Å². The molecule has 0 heterocycles. The molecule has 17 heavy (non-hydrogen) atoms. The summed E-state index contributed by atoms with van der Waals surface area (Å²) in [6.45, 7) is 4.52. The van der Waals surface area contributed by atoms with Crippen LogP contribution in [0.25, 0.3) is 0 Å². The minimum Gasteiger partial charge on any atom is -0.383 e. The predicted octanol–water partition coefficient (Wildman–Crippen LogP) is 2.02. The van der Waals surface area contributed by atoms with E-state index in [0.717, 1.165) is 25.2 Å². The van der Waals surface area contributed by atoms with Crippen molar-refractivity contribution in [3.63, 3.8) is 0 Å². The van der Waals surface area contributed by atoms with E-state index >= 15 is 0 Å². The van der Waals surface area contributed by atoms with Crippen molar-refractivity contribution in [3.8, 4) is 0 Å². The Kier molecular flexibility index (Phi) is 5.75. The standard InChI is InChI=1S/C14H28N2O/c1-17-12-11-16(14-7-8-14)10-4-2-3-9-15-13-5-6-13/h13-15H,2-12H2,1H3. The normalized spacial score (nSPS) is 20.1. The highest BCUT2D eigenvalue weighted by Gasteiger charge is 2.27. The second-order valence-electron chi connectivity index (χ2n) is 5.55. The lowest BCUT2D eigenvalue weighted by molar-refractivity contribution is 0.142. The fourth-order valence-corrected chi connectivity index (χ4v) is 2.34. The van der Waals surface area contributed by atoms with Gasteiger partial charge < -0.3 is 10.1 Å². The van der Waals surface area contributed by atoms with Gasteiger partial charge in [-0.25, -0.2) is 0 Å². The number of methoxy groups -OCH3 is 1. The topological polar surface area (TPSA) is 24.5 Å². The lowest BCUT2D eigenvalue weighted by Crippen LogP contribution is -2.30. The summed E-state index contributed by atoms with van der Waals surface area (Å²) in [6, 6.07) is 1.76. The van der Waals surface area contributed by atoms with E-state index in [1.165, 1.54) is 58.0 Å². The Hall–Kier alpha value is -0.120. The van der Waals surface area contributed by atoms with Crippen molar-refractivity contribution >= 4 is 0 Å². The Morgan fingerprint density at radius 2 is 1.88 bits per heavy atom. The molecule has 0 bridgehead atoms. The Bertz CT molecular complexity index is 202. The summed E-state index contributed by atoms with van der Waals surface area (Å²) in [5.74, 6) is 0. The second-order valence-corrected chi connectivity index (χ2v) is 5.55. The first-order valence-corrected chi connectivity index (χ1v) is 7.36. The molecule has 2 aliphatic rings. The summed E-state index contributed by atoms with van der Waals surface area (Å²) in [5.41, 5.74) is 0. The number of ether oxygens (including phenoxy) is 1. The molecule has 2 aliphatic carbocycles. The van der Waals surface area contributed by atoms with Crippen molar-refractivity contribution in [1.29, 1.82) is 0 Å². The van der Waals surface area contributed by atoms with E-state index in [-0.39, 0.29) is 0 Å². The molecule has 1 N–H and O–H groups in total. The van der Waals surface area contributed by atoms with Crippen LogP contribution in [-0.2, 0) is 4.74 Å². The maximum Gasteiger partial charge on any atom is 0.0589 e. The zero-order valence-corrected chi connectivity index (χ0v) is 11.3. The molecule has 0 spiro atoms. The van der Waals surface area contributed by atoms with Gasteiger partial charge in [-0.1, -0.05) is 6.42 Å². The van der Waals surface area contributed by atoms with Crippen LogP contribution in [0.3, 0.4) is 0 Å². The average Bonchev–Trinajstić information content (AvgIpc) is 3.18. The molecule has 0 aromatic carbocycles. The Labute approximate surface area is 106 Å². The Morgan fingerprint density at radius 3 is 2.53 bits per heavy atom. The van der Waals surface area contributed by atoms with Crippen LogP contribution in [0.5, 0.6) is 0 Å². The third-order valence-electron chi connectivity index (χ3n) is 3.78. The predicted molar refractivity (Wildman–Crippen MR) is 71.3 cm³/mol. The number of nitrogens with zero attached hydrogens (tertiary/aromatic N) is 1. The quantitative estimate of drug-likeness (QED) is 0.559. The van der Waals surface area contributed by atoms with E-state index in [2.05, 4.69) is 10.2 Å². The molecule has 0 aromatic rings. The highest BCUT2D eigenvalue weighted by atomic mass is 16.5. The highest BCUT2D eigenvalue weighted by molar-refractivity contribution is 4.84. The van der Waals surface area contributed by atoms with E-state index in [1.54, 1.807) is 7.11 Å². The zero-order chi connectivity index (χ0) is 11.9. The number of hydrogen-bond donors (Lipinski definition) is 1. The van der Waals surface area contributed by atoms with Crippen molar-refractivity contribution in [2.75, 3.05) is 33.4 Å². The number of nitrogens with one attached hydrogen (secondary N) is 1. The van der Waals surface area contributed by atoms with Crippen LogP contribution < -0.4 is 5.32 Å². The summed E-state index contributed by atoms with van der Waals surface area (Å²) < 4.78 is 5.18. The third-order valence-corrected chi connectivity index (χ3v) is 3.78. The number of hydrogen-bond acceptors (Lipinski definition) is 3. The molecule has 2 rings (SSSR count). The molecule has 3 heteroatoms. The van der Waals surface area contributed by atoms with Crippen LogP contribution in [0.4, 0.5) is 0 Å².